The van der Waals surface area contributed by atoms with Gasteiger partial charge in [0, 0.05) is 19.2 Å². The molecule has 0 aliphatic carbocycles. The zero-order valence-corrected chi connectivity index (χ0v) is 15.5. The van der Waals surface area contributed by atoms with Crippen molar-refractivity contribution in [3.63, 3.8) is 0 Å². The molecule has 1 aliphatic rings. The van der Waals surface area contributed by atoms with Crippen LogP contribution in [0.1, 0.15) is 24.4 Å². The Morgan fingerprint density at radius 2 is 2.20 bits per heavy atom. The van der Waals surface area contributed by atoms with Crippen molar-refractivity contribution in [3.8, 4) is 11.5 Å². The first-order valence-electron chi connectivity index (χ1n) is 8.12. The molecule has 1 fully saturated rings. The standard InChI is InChI=1S/C17H22N4O3S/c1-20-11-18-19-17(20)25-10-16(22)21-8-4-5-14(21)13-9-12(23-2)6-7-15(13)24-3/h6-7,9,11,14H,4-5,8,10H2,1-3H3/t14-/m1/s1. The van der Waals surface area contributed by atoms with Crippen LogP contribution in [0.4, 0.5) is 0 Å². The second-order valence-corrected chi connectivity index (χ2v) is 6.81. The Hall–Kier alpha value is -2.22. The fourth-order valence-electron chi connectivity index (χ4n) is 3.10. The van der Waals surface area contributed by atoms with Gasteiger partial charge in [0.1, 0.15) is 17.8 Å². The van der Waals surface area contributed by atoms with Crippen molar-refractivity contribution >= 4 is 17.7 Å². The first kappa shape index (κ1) is 17.6. The van der Waals surface area contributed by atoms with E-state index in [1.807, 2.05) is 34.7 Å². The van der Waals surface area contributed by atoms with Crippen molar-refractivity contribution in [3.05, 3.63) is 30.1 Å². The summed E-state index contributed by atoms with van der Waals surface area (Å²) in [6, 6.07) is 5.74. The molecule has 0 radical (unpaired) electrons. The molecule has 7 nitrogen and oxygen atoms in total. The summed E-state index contributed by atoms with van der Waals surface area (Å²) in [7, 11) is 5.16. The number of thioether (sulfide) groups is 1. The predicted molar refractivity (Wildman–Crippen MR) is 95.0 cm³/mol. The summed E-state index contributed by atoms with van der Waals surface area (Å²) in [6.07, 6.45) is 3.53. The Labute approximate surface area is 151 Å². The van der Waals surface area contributed by atoms with Gasteiger partial charge in [0.25, 0.3) is 0 Å². The summed E-state index contributed by atoms with van der Waals surface area (Å²) in [4.78, 5) is 14.7. The second kappa shape index (κ2) is 7.77. The topological polar surface area (TPSA) is 69.5 Å². The third-order valence-electron chi connectivity index (χ3n) is 4.36. The molecule has 134 valence electrons. The molecular weight excluding hydrogens is 340 g/mol. The van der Waals surface area contributed by atoms with E-state index in [4.69, 9.17) is 9.47 Å². The van der Waals surface area contributed by atoms with Gasteiger partial charge >= 0.3 is 0 Å². The van der Waals surface area contributed by atoms with Crippen LogP contribution < -0.4 is 9.47 Å². The van der Waals surface area contributed by atoms with Crippen LogP contribution in [0.15, 0.2) is 29.7 Å². The fraction of sp³-hybridized carbons (Fsp3) is 0.471. The highest BCUT2D eigenvalue weighted by Gasteiger charge is 2.32. The van der Waals surface area contributed by atoms with E-state index in [-0.39, 0.29) is 11.9 Å². The first-order chi connectivity index (χ1) is 12.1. The van der Waals surface area contributed by atoms with Crippen molar-refractivity contribution in [2.75, 3.05) is 26.5 Å². The second-order valence-electron chi connectivity index (χ2n) is 5.87. The van der Waals surface area contributed by atoms with Gasteiger partial charge < -0.3 is 18.9 Å². The molecule has 2 aromatic rings. The summed E-state index contributed by atoms with van der Waals surface area (Å²) >= 11 is 1.41. The summed E-state index contributed by atoms with van der Waals surface area (Å²) in [6.45, 7) is 0.753. The molecule has 2 heterocycles. The van der Waals surface area contributed by atoms with Crippen molar-refractivity contribution in [1.82, 2.24) is 19.7 Å². The molecule has 25 heavy (non-hydrogen) atoms. The maximum absolute atomic E-state index is 12.8. The van der Waals surface area contributed by atoms with Gasteiger partial charge in [-0.15, -0.1) is 10.2 Å². The van der Waals surface area contributed by atoms with Gasteiger partial charge in [0.05, 0.1) is 26.0 Å². The van der Waals surface area contributed by atoms with Crippen LogP contribution in [-0.4, -0.2) is 52.1 Å². The molecule has 0 saturated carbocycles. The molecule has 0 N–H and O–H groups in total. The van der Waals surface area contributed by atoms with Crippen molar-refractivity contribution in [1.29, 1.82) is 0 Å². The highest BCUT2D eigenvalue weighted by molar-refractivity contribution is 7.99. The molecule has 0 spiro atoms. The fourth-order valence-corrected chi connectivity index (χ4v) is 3.87. The Kier molecular flexibility index (Phi) is 5.47. The van der Waals surface area contributed by atoms with Crippen LogP contribution >= 0.6 is 11.8 Å². The molecule has 1 aliphatic heterocycles. The largest absolute Gasteiger partial charge is 0.497 e. The Morgan fingerprint density at radius 1 is 1.36 bits per heavy atom. The monoisotopic (exact) mass is 362 g/mol. The maximum Gasteiger partial charge on any atom is 0.233 e. The summed E-state index contributed by atoms with van der Waals surface area (Å²) in [5.74, 6) is 1.99. The highest BCUT2D eigenvalue weighted by atomic mass is 32.2. The van der Waals surface area contributed by atoms with E-state index in [0.29, 0.717) is 5.75 Å². The van der Waals surface area contributed by atoms with Gasteiger partial charge in [-0.3, -0.25) is 4.79 Å². The number of carbonyl (C=O) groups is 1. The van der Waals surface area contributed by atoms with Gasteiger partial charge in [-0.2, -0.15) is 0 Å². The lowest BCUT2D eigenvalue weighted by molar-refractivity contribution is -0.129. The zero-order valence-electron chi connectivity index (χ0n) is 14.6. The molecule has 1 saturated heterocycles. The molecule has 1 atom stereocenters. The number of amides is 1. The van der Waals surface area contributed by atoms with E-state index in [2.05, 4.69) is 10.2 Å². The van der Waals surface area contributed by atoms with Crippen LogP contribution in [0.2, 0.25) is 0 Å². The Bertz CT molecular complexity index is 749. The third kappa shape index (κ3) is 3.73. The summed E-state index contributed by atoms with van der Waals surface area (Å²) in [5, 5.41) is 8.59. The van der Waals surface area contributed by atoms with Gasteiger partial charge in [-0.05, 0) is 31.0 Å². The number of carbonyl (C=O) groups excluding carboxylic acids is 1. The van der Waals surface area contributed by atoms with Gasteiger partial charge in [-0.25, -0.2) is 0 Å². The number of rotatable bonds is 6. The molecule has 0 unspecified atom stereocenters. The van der Waals surface area contributed by atoms with E-state index in [0.717, 1.165) is 41.6 Å². The quantitative estimate of drug-likeness (QED) is 0.735. The lowest BCUT2D eigenvalue weighted by Crippen LogP contribution is -2.32. The lowest BCUT2D eigenvalue weighted by atomic mass is 10.0. The van der Waals surface area contributed by atoms with Crippen molar-refractivity contribution < 1.29 is 14.3 Å². The minimum absolute atomic E-state index is 0.0117. The number of hydrogen-bond acceptors (Lipinski definition) is 6. The van der Waals surface area contributed by atoms with Crippen LogP contribution in [0, 0.1) is 0 Å². The van der Waals surface area contributed by atoms with Crippen LogP contribution in [-0.2, 0) is 11.8 Å². The highest BCUT2D eigenvalue weighted by Crippen LogP contribution is 2.39. The lowest BCUT2D eigenvalue weighted by Gasteiger charge is -2.26. The zero-order chi connectivity index (χ0) is 17.8. The smallest absolute Gasteiger partial charge is 0.233 e. The number of ether oxygens (including phenoxy) is 2. The third-order valence-corrected chi connectivity index (χ3v) is 5.38. The SMILES string of the molecule is COc1ccc(OC)c([C@H]2CCCN2C(=O)CSc2nncn2C)c1. The van der Waals surface area contributed by atoms with E-state index < -0.39 is 0 Å². The molecular formula is C17H22N4O3S. The minimum Gasteiger partial charge on any atom is -0.497 e. The molecule has 8 heteroatoms. The summed E-state index contributed by atoms with van der Waals surface area (Å²) < 4.78 is 12.6. The van der Waals surface area contributed by atoms with Gasteiger partial charge in [0.2, 0.25) is 5.91 Å². The van der Waals surface area contributed by atoms with E-state index >= 15 is 0 Å². The summed E-state index contributed by atoms with van der Waals surface area (Å²) in [5.41, 5.74) is 0.997. The Morgan fingerprint density at radius 3 is 2.88 bits per heavy atom. The predicted octanol–water partition coefficient (Wildman–Crippen LogP) is 2.29. The number of benzene rings is 1. The van der Waals surface area contributed by atoms with Crippen molar-refractivity contribution in [2.45, 2.75) is 24.0 Å². The molecule has 1 aromatic heterocycles. The van der Waals surface area contributed by atoms with Crippen LogP contribution in [0.3, 0.4) is 0 Å². The number of methoxy groups -OCH3 is 2. The average Bonchev–Trinajstić information content (AvgIpc) is 3.28. The number of nitrogens with zero attached hydrogens (tertiary/aromatic N) is 4. The maximum atomic E-state index is 12.8. The molecule has 1 amide bonds. The van der Waals surface area contributed by atoms with E-state index in [9.17, 15) is 4.79 Å². The van der Waals surface area contributed by atoms with E-state index in [1.165, 1.54) is 11.8 Å². The molecule has 1 aromatic carbocycles. The Balaban J connectivity index is 1.76. The van der Waals surface area contributed by atoms with Crippen LogP contribution in [0.25, 0.3) is 0 Å². The number of aromatic nitrogens is 3. The van der Waals surface area contributed by atoms with Gasteiger partial charge in [0.15, 0.2) is 5.16 Å². The first-order valence-corrected chi connectivity index (χ1v) is 9.10. The van der Waals surface area contributed by atoms with Gasteiger partial charge in [-0.1, -0.05) is 11.8 Å². The van der Waals surface area contributed by atoms with Crippen LogP contribution in [0.5, 0.6) is 11.5 Å². The number of hydrogen-bond donors (Lipinski definition) is 0. The number of aryl methyl sites for hydroxylation is 1. The molecule has 3 rings (SSSR count). The normalized spacial score (nSPS) is 16.9. The van der Waals surface area contributed by atoms with E-state index in [1.54, 1.807) is 20.5 Å². The average molecular weight is 362 g/mol. The minimum atomic E-state index is 0.0117. The van der Waals surface area contributed by atoms with Crippen molar-refractivity contribution in [2.24, 2.45) is 7.05 Å². The molecule has 0 bridgehead atoms. The number of likely N-dealkylation sites (tertiary alicyclic amines) is 1.